The maximum absolute atomic E-state index is 13.6. The van der Waals surface area contributed by atoms with E-state index in [0.29, 0.717) is 33.6 Å². The molecule has 0 unspecified atom stereocenters. The van der Waals surface area contributed by atoms with E-state index in [-0.39, 0.29) is 5.82 Å². The zero-order valence-corrected chi connectivity index (χ0v) is 11.7. The van der Waals surface area contributed by atoms with Crippen LogP contribution in [0, 0.1) is 5.82 Å². The maximum Gasteiger partial charge on any atom is 0.142 e. The van der Waals surface area contributed by atoms with Crippen molar-refractivity contribution >= 4 is 28.9 Å². The highest BCUT2D eigenvalue weighted by Crippen LogP contribution is 2.28. The first-order valence-corrected chi connectivity index (χ1v) is 6.37. The van der Waals surface area contributed by atoms with Crippen molar-refractivity contribution < 1.29 is 9.13 Å². The summed E-state index contributed by atoms with van der Waals surface area (Å²) in [7, 11) is 1.57. The topological polar surface area (TPSA) is 21.3 Å². The van der Waals surface area contributed by atoms with Gasteiger partial charge in [-0.1, -0.05) is 29.3 Å². The Morgan fingerprint density at radius 2 is 1.79 bits per heavy atom. The van der Waals surface area contributed by atoms with Gasteiger partial charge in [0.15, 0.2) is 0 Å². The molecule has 0 fully saturated rings. The zero-order valence-electron chi connectivity index (χ0n) is 10.2. The number of benzene rings is 2. The third-order valence-electron chi connectivity index (χ3n) is 2.65. The Bertz CT molecular complexity index is 590. The Labute approximate surface area is 121 Å². The van der Waals surface area contributed by atoms with Crippen molar-refractivity contribution in [1.82, 2.24) is 0 Å². The van der Waals surface area contributed by atoms with Crippen LogP contribution in [0.25, 0.3) is 0 Å². The zero-order chi connectivity index (χ0) is 13.8. The van der Waals surface area contributed by atoms with Crippen molar-refractivity contribution in [3.63, 3.8) is 0 Å². The summed E-state index contributed by atoms with van der Waals surface area (Å²) >= 11 is 11.6. The number of halogens is 3. The number of rotatable bonds is 4. The summed E-state index contributed by atoms with van der Waals surface area (Å²) < 4.78 is 18.8. The van der Waals surface area contributed by atoms with Gasteiger partial charge < -0.3 is 10.1 Å². The third kappa shape index (κ3) is 3.52. The van der Waals surface area contributed by atoms with E-state index in [0.717, 1.165) is 0 Å². The molecule has 0 spiro atoms. The second kappa shape index (κ2) is 6.13. The van der Waals surface area contributed by atoms with E-state index in [4.69, 9.17) is 27.9 Å². The van der Waals surface area contributed by atoms with Crippen molar-refractivity contribution in [2.75, 3.05) is 12.4 Å². The Kier molecular flexibility index (Phi) is 4.51. The normalized spacial score (nSPS) is 10.3. The van der Waals surface area contributed by atoms with E-state index in [1.807, 2.05) is 0 Å². The van der Waals surface area contributed by atoms with Crippen LogP contribution in [0.1, 0.15) is 5.56 Å². The van der Waals surface area contributed by atoms with Crippen LogP contribution < -0.4 is 10.1 Å². The van der Waals surface area contributed by atoms with Gasteiger partial charge in [0, 0.05) is 22.2 Å². The summed E-state index contributed by atoms with van der Waals surface area (Å²) in [5, 5.41) is 4.05. The predicted octanol–water partition coefficient (Wildman–Crippen LogP) is 4.75. The summed E-state index contributed by atoms with van der Waals surface area (Å²) in [5.41, 5.74) is 1.23. The molecule has 0 bridgehead atoms. The number of hydrogen-bond donors (Lipinski definition) is 1. The van der Waals surface area contributed by atoms with Gasteiger partial charge in [-0.2, -0.15) is 0 Å². The van der Waals surface area contributed by atoms with Gasteiger partial charge in [0.05, 0.1) is 12.8 Å². The van der Waals surface area contributed by atoms with Crippen LogP contribution in [0.15, 0.2) is 36.4 Å². The van der Waals surface area contributed by atoms with Gasteiger partial charge in [-0.15, -0.1) is 0 Å². The molecule has 0 atom stereocenters. The lowest BCUT2D eigenvalue weighted by atomic mass is 10.2. The summed E-state index contributed by atoms with van der Waals surface area (Å²) in [6.45, 7) is 0.319. The fourth-order valence-electron chi connectivity index (χ4n) is 1.67. The standard InChI is InChI=1S/C14H12Cl2FNO/c1-19-14-5-4-11(16)7-13(14)18-8-9-2-3-10(15)6-12(9)17/h2-7,18H,8H2,1H3. The maximum atomic E-state index is 13.6. The molecule has 5 heteroatoms. The molecule has 0 aliphatic carbocycles. The van der Waals surface area contributed by atoms with E-state index >= 15 is 0 Å². The van der Waals surface area contributed by atoms with Crippen LogP contribution in [0.5, 0.6) is 5.75 Å². The summed E-state index contributed by atoms with van der Waals surface area (Å²) in [6.07, 6.45) is 0. The van der Waals surface area contributed by atoms with Gasteiger partial charge in [0.1, 0.15) is 11.6 Å². The average Bonchev–Trinajstić information content (AvgIpc) is 2.38. The molecule has 0 aromatic heterocycles. The molecule has 2 aromatic rings. The first kappa shape index (κ1) is 14.0. The van der Waals surface area contributed by atoms with Gasteiger partial charge in [-0.3, -0.25) is 0 Å². The lowest BCUT2D eigenvalue weighted by molar-refractivity contribution is 0.416. The van der Waals surface area contributed by atoms with Crippen LogP contribution in [0.3, 0.4) is 0 Å². The summed E-state index contributed by atoms with van der Waals surface area (Å²) in [5.74, 6) is 0.305. The molecule has 2 rings (SSSR count). The molecule has 0 heterocycles. The number of ether oxygens (including phenoxy) is 1. The quantitative estimate of drug-likeness (QED) is 0.879. The molecule has 0 aliphatic heterocycles. The first-order chi connectivity index (χ1) is 9.10. The van der Waals surface area contributed by atoms with Crippen LogP contribution in [-0.4, -0.2) is 7.11 Å². The summed E-state index contributed by atoms with van der Waals surface area (Å²) in [6, 6.07) is 9.79. The Morgan fingerprint density at radius 3 is 2.47 bits per heavy atom. The minimum absolute atomic E-state index is 0.319. The molecule has 0 saturated carbocycles. The number of anilines is 1. The van der Waals surface area contributed by atoms with Crippen molar-refractivity contribution in [3.05, 3.63) is 57.8 Å². The van der Waals surface area contributed by atoms with Crippen molar-refractivity contribution in [2.24, 2.45) is 0 Å². The SMILES string of the molecule is COc1ccc(Cl)cc1NCc1ccc(Cl)cc1F. The van der Waals surface area contributed by atoms with Gasteiger partial charge in [-0.25, -0.2) is 4.39 Å². The molecule has 1 N–H and O–H groups in total. The molecular weight excluding hydrogens is 288 g/mol. The van der Waals surface area contributed by atoms with E-state index in [1.165, 1.54) is 6.07 Å². The molecule has 0 saturated heterocycles. The van der Waals surface area contributed by atoms with E-state index in [9.17, 15) is 4.39 Å². The lowest BCUT2D eigenvalue weighted by Crippen LogP contribution is -2.03. The largest absolute Gasteiger partial charge is 0.495 e. The van der Waals surface area contributed by atoms with Crippen molar-refractivity contribution in [1.29, 1.82) is 0 Å². The second-order valence-electron chi connectivity index (χ2n) is 3.93. The molecule has 0 radical (unpaired) electrons. The molecule has 2 nitrogen and oxygen atoms in total. The third-order valence-corrected chi connectivity index (χ3v) is 3.12. The predicted molar refractivity (Wildman–Crippen MR) is 76.7 cm³/mol. The Hall–Kier alpha value is -1.45. The second-order valence-corrected chi connectivity index (χ2v) is 4.81. The van der Waals surface area contributed by atoms with E-state index < -0.39 is 0 Å². The van der Waals surface area contributed by atoms with Crippen LogP contribution in [0.4, 0.5) is 10.1 Å². The van der Waals surface area contributed by atoms with Crippen LogP contribution >= 0.6 is 23.2 Å². The van der Waals surface area contributed by atoms with Gasteiger partial charge in [0.25, 0.3) is 0 Å². The monoisotopic (exact) mass is 299 g/mol. The molecule has 0 amide bonds. The molecule has 19 heavy (non-hydrogen) atoms. The molecule has 100 valence electrons. The lowest BCUT2D eigenvalue weighted by Gasteiger charge is -2.12. The number of nitrogens with one attached hydrogen (secondary N) is 1. The Balaban J connectivity index is 2.16. The molecule has 0 aliphatic rings. The van der Waals surface area contributed by atoms with Gasteiger partial charge >= 0.3 is 0 Å². The highest BCUT2D eigenvalue weighted by atomic mass is 35.5. The Morgan fingerprint density at radius 1 is 1.11 bits per heavy atom. The minimum atomic E-state index is -0.346. The molecular formula is C14H12Cl2FNO. The molecule has 2 aromatic carbocycles. The first-order valence-electron chi connectivity index (χ1n) is 5.61. The van der Waals surface area contributed by atoms with Gasteiger partial charge in [0.2, 0.25) is 0 Å². The number of methoxy groups -OCH3 is 1. The van der Waals surface area contributed by atoms with Crippen LogP contribution in [0.2, 0.25) is 10.0 Å². The fraction of sp³-hybridized carbons (Fsp3) is 0.143. The van der Waals surface area contributed by atoms with Crippen LogP contribution in [-0.2, 0) is 6.54 Å². The minimum Gasteiger partial charge on any atom is -0.495 e. The van der Waals surface area contributed by atoms with E-state index in [2.05, 4.69) is 5.32 Å². The number of hydrogen-bond acceptors (Lipinski definition) is 2. The summed E-state index contributed by atoms with van der Waals surface area (Å²) in [4.78, 5) is 0. The van der Waals surface area contributed by atoms with Gasteiger partial charge in [-0.05, 0) is 30.3 Å². The fourth-order valence-corrected chi connectivity index (χ4v) is 2.00. The highest BCUT2D eigenvalue weighted by molar-refractivity contribution is 6.31. The average molecular weight is 300 g/mol. The smallest absolute Gasteiger partial charge is 0.142 e. The van der Waals surface area contributed by atoms with Crippen molar-refractivity contribution in [2.45, 2.75) is 6.54 Å². The van der Waals surface area contributed by atoms with Crippen molar-refractivity contribution in [3.8, 4) is 5.75 Å². The van der Waals surface area contributed by atoms with E-state index in [1.54, 1.807) is 37.4 Å². The highest BCUT2D eigenvalue weighted by Gasteiger charge is 2.06.